The second-order valence-corrected chi connectivity index (χ2v) is 6.95. The zero-order valence-electron chi connectivity index (χ0n) is 14.6. The first-order valence-electron chi connectivity index (χ1n) is 9.11. The van der Waals surface area contributed by atoms with Crippen LogP contribution in [0.1, 0.15) is 31.4 Å². The van der Waals surface area contributed by atoms with E-state index in [0.29, 0.717) is 11.7 Å². The highest BCUT2D eigenvalue weighted by Gasteiger charge is 2.29. The summed E-state index contributed by atoms with van der Waals surface area (Å²) < 4.78 is 1.73. The number of carbonyl (C=O) groups excluding carboxylic acids is 1. The summed E-state index contributed by atoms with van der Waals surface area (Å²) in [5.74, 6) is 2.20. The van der Waals surface area contributed by atoms with Gasteiger partial charge in [-0.15, -0.1) is 10.2 Å². The molecule has 1 aliphatic heterocycles. The Kier molecular flexibility index (Phi) is 4.38. The lowest BCUT2D eigenvalue weighted by Crippen LogP contribution is -2.50. The van der Waals surface area contributed by atoms with E-state index in [1.807, 2.05) is 36.2 Å². The van der Waals surface area contributed by atoms with E-state index in [1.165, 1.54) is 12.8 Å². The fourth-order valence-electron chi connectivity index (χ4n) is 3.74. The number of piperazine rings is 1. The molecule has 1 saturated carbocycles. The summed E-state index contributed by atoms with van der Waals surface area (Å²) in [5.41, 5.74) is 0.953. The summed E-state index contributed by atoms with van der Waals surface area (Å²) in [6.07, 6.45) is 6.42. The standard InChI is InChI=1S/C18H24N6O/c1-14-8-9-24(21-14)17-7-6-16(19-20-17)22-10-12-23(13-11-22)18(25)15-4-2-3-5-15/h6-9,15H,2-5,10-13H2,1H3. The molecule has 7 nitrogen and oxygen atoms in total. The number of carbonyl (C=O) groups is 1. The maximum Gasteiger partial charge on any atom is 0.225 e. The van der Waals surface area contributed by atoms with Gasteiger partial charge in [0.1, 0.15) is 0 Å². The Morgan fingerprint density at radius 3 is 2.28 bits per heavy atom. The van der Waals surface area contributed by atoms with Crippen molar-refractivity contribution in [3.05, 3.63) is 30.1 Å². The fourth-order valence-corrected chi connectivity index (χ4v) is 3.74. The number of hydrogen-bond donors (Lipinski definition) is 0. The first-order valence-corrected chi connectivity index (χ1v) is 9.11. The van der Waals surface area contributed by atoms with Crippen LogP contribution in [0.15, 0.2) is 24.4 Å². The molecule has 4 rings (SSSR count). The summed E-state index contributed by atoms with van der Waals surface area (Å²) in [5, 5.41) is 13.0. The van der Waals surface area contributed by atoms with E-state index in [2.05, 4.69) is 20.2 Å². The van der Waals surface area contributed by atoms with Gasteiger partial charge in [-0.1, -0.05) is 12.8 Å². The minimum Gasteiger partial charge on any atom is -0.352 e. The number of nitrogens with zero attached hydrogens (tertiary/aromatic N) is 6. The first kappa shape index (κ1) is 16.1. The molecule has 2 aromatic heterocycles. The number of anilines is 1. The van der Waals surface area contributed by atoms with Gasteiger partial charge in [0.25, 0.3) is 0 Å². The summed E-state index contributed by atoms with van der Waals surface area (Å²) in [6, 6.07) is 5.86. The van der Waals surface area contributed by atoms with E-state index in [9.17, 15) is 4.79 Å². The molecule has 7 heteroatoms. The van der Waals surface area contributed by atoms with Crippen molar-refractivity contribution in [1.82, 2.24) is 24.9 Å². The zero-order valence-corrected chi connectivity index (χ0v) is 14.6. The molecule has 0 radical (unpaired) electrons. The number of hydrogen-bond acceptors (Lipinski definition) is 5. The Balaban J connectivity index is 1.36. The third-order valence-corrected chi connectivity index (χ3v) is 5.21. The molecule has 1 aliphatic carbocycles. The molecule has 0 N–H and O–H groups in total. The Morgan fingerprint density at radius 1 is 1.00 bits per heavy atom. The van der Waals surface area contributed by atoms with E-state index in [-0.39, 0.29) is 5.92 Å². The monoisotopic (exact) mass is 340 g/mol. The topological polar surface area (TPSA) is 67.2 Å². The van der Waals surface area contributed by atoms with Crippen molar-refractivity contribution >= 4 is 11.7 Å². The highest BCUT2D eigenvalue weighted by Crippen LogP contribution is 2.27. The first-order chi connectivity index (χ1) is 12.2. The second kappa shape index (κ2) is 6.82. The Bertz CT molecular complexity index is 726. The molecule has 0 unspecified atom stereocenters. The third kappa shape index (κ3) is 3.36. The minimum absolute atomic E-state index is 0.267. The minimum atomic E-state index is 0.267. The van der Waals surface area contributed by atoms with Gasteiger partial charge in [-0.3, -0.25) is 4.79 Å². The quantitative estimate of drug-likeness (QED) is 0.852. The highest BCUT2D eigenvalue weighted by atomic mass is 16.2. The Labute approximate surface area is 147 Å². The predicted molar refractivity (Wildman–Crippen MR) is 94.6 cm³/mol. The molecule has 132 valence electrons. The van der Waals surface area contributed by atoms with Crippen LogP contribution in [0.2, 0.25) is 0 Å². The molecular weight excluding hydrogens is 316 g/mol. The van der Waals surface area contributed by atoms with Gasteiger partial charge in [0.05, 0.1) is 5.69 Å². The molecule has 1 saturated heterocycles. The predicted octanol–water partition coefficient (Wildman–Crippen LogP) is 1.81. The molecule has 0 aromatic carbocycles. The largest absolute Gasteiger partial charge is 0.352 e. The SMILES string of the molecule is Cc1ccn(-c2ccc(N3CCN(C(=O)C4CCCC4)CC3)nn2)n1. The van der Waals surface area contributed by atoms with Crippen LogP contribution in [0.25, 0.3) is 5.82 Å². The molecule has 1 amide bonds. The van der Waals surface area contributed by atoms with E-state index in [0.717, 1.165) is 50.5 Å². The number of rotatable bonds is 3. The molecule has 2 aliphatic rings. The van der Waals surface area contributed by atoms with E-state index < -0.39 is 0 Å². The summed E-state index contributed by atoms with van der Waals surface area (Å²) in [4.78, 5) is 16.7. The molecule has 2 aromatic rings. The highest BCUT2D eigenvalue weighted by molar-refractivity contribution is 5.79. The van der Waals surface area contributed by atoms with Crippen LogP contribution in [-0.4, -0.2) is 57.0 Å². The number of aromatic nitrogens is 4. The van der Waals surface area contributed by atoms with Gasteiger partial charge in [-0.25, -0.2) is 4.68 Å². The van der Waals surface area contributed by atoms with E-state index in [1.54, 1.807) is 4.68 Å². The molecule has 2 fully saturated rings. The molecule has 0 bridgehead atoms. The third-order valence-electron chi connectivity index (χ3n) is 5.21. The van der Waals surface area contributed by atoms with Gasteiger partial charge in [0, 0.05) is 38.3 Å². The average Bonchev–Trinajstić information content (AvgIpc) is 3.33. The van der Waals surface area contributed by atoms with Crippen LogP contribution in [0, 0.1) is 12.8 Å². The second-order valence-electron chi connectivity index (χ2n) is 6.95. The molecule has 25 heavy (non-hydrogen) atoms. The van der Waals surface area contributed by atoms with Crippen molar-refractivity contribution in [2.75, 3.05) is 31.1 Å². The smallest absolute Gasteiger partial charge is 0.225 e. The molecular formula is C18H24N6O. The fraction of sp³-hybridized carbons (Fsp3) is 0.556. The zero-order chi connectivity index (χ0) is 17.2. The van der Waals surface area contributed by atoms with Gasteiger partial charge in [0.2, 0.25) is 5.91 Å². The van der Waals surface area contributed by atoms with Crippen molar-refractivity contribution in [1.29, 1.82) is 0 Å². The molecule has 0 atom stereocenters. The van der Waals surface area contributed by atoms with Crippen molar-refractivity contribution in [3.8, 4) is 5.82 Å². The van der Waals surface area contributed by atoms with Crippen LogP contribution < -0.4 is 4.90 Å². The number of aryl methyl sites for hydroxylation is 1. The molecule has 0 spiro atoms. The van der Waals surface area contributed by atoms with Crippen molar-refractivity contribution in [3.63, 3.8) is 0 Å². The van der Waals surface area contributed by atoms with E-state index in [4.69, 9.17) is 0 Å². The van der Waals surface area contributed by atoms with Crippen LogP contribution in [-0.2, 0) is 4.79 Å². The van der Waals surface area contributed by atoms with Crippen LogP contribution in [0.5, 0.6) is 0 Å². The van der Waals surface area contributed by atoms with Gasteiger partial charge in [-0.05, 0) is 38.0 Å². The van der Waals surface area contributed by atoms with Gasteiger partial charge in [0.15, 0.2) is 11.6 Å². The summed E-state index contributed by atoms with van der Waals surface area (Å²) in [6.45, 7) is 5.12. The maximum atomic E-state index is 12.5. The van der Waals surface area contributed by atoms with Gasteiger partial charge in [-0.2, -0.15) is 5.10 Å². The van der Waals surface area contributed by atoms with Gasteiger partial charge < -0.3 is 9.80 Å². The van der Waals surface area contributed by atoms with Crippen molar-refractivity contribution in [2.24, 2.45) is 5.92 Å². The lowest BCUT2D eigenvalue weighted by atomic mass is 10.1. The summed E-state index contributed by atoms with van der Waals surface area (Å²) in [7, 11) is 0. The maximum absolute atomic E-state index is 12.5. The van der Waals surface area contributed by atoms with Crippen molar-refractivity contribution in [2.45, 2.75) is 32.6 Å². The number of amides is 1. The van der Waals surface area contributed by atoms with Gasteiger partial charge >= 0.3 is 0 Å². The lowest BCUT2D eigenvalue weighted by molar-refractivity contribution is -0.135. The Morgan fingerprint density at radius 2 is 1.68 bits per heavy atom. The van der Waals surface area contributed by atoms with Crippen LogP contribution in [0.3, 0.4) is 0 Å². The van der Waals surface area contributed by atoms with E-state index >= 15 is 0 Å². The summed E-state index contributed by atoms with van der Waals surface area (Å²) >= 11 is 0. The average molecular weight is 340 g/mol. The normalized spacial score (nSPS) is 18.8. The van der Waals surface area contributed by atoms with Crippen LogP contribution >= 0.6 is 0 Å². The van der Waals surface area contributed by atoms with Crippen molar-refractivity contribution < 1.29 is 4.79 Å². The Hall–Kier alpha value is -2.44. The molecule has 3 heterocycles. The van der Waals surface area contributed by atoms with Crippen LogP contribution in [0.4, 0.5) is 5.82 Å². The lowest BCUT2D eigenvalue weighted by Gasteiger charge is -2.36.